The van der Waals surface area contributed by atoms with Crippen molar-refractivity contribution in [1.82, 2.24) is 0 Å². The molecule has 31 heavy (non-hydrogen) atoms. The Morgan fingerprint density at radius 2 is 2.03 bits per heavy atom. The molecule has 0 bridgehead atoms. The summed E-state index contributed by atoms with van der Waals surface area (Å²) in [5, 5.41) is 11.5. The van der Waals surface area contributed by atoms with E-state index in [1.165, 1.54) is 0 Å². The van der Waals surface area contributed by atoms with E-state index in [-0.39, 0.29) is 23.5 Å². The van der Waals surface area contributed by atoms with Gasteiger partial charge in [-0.05, 0) is 63.5 Å². The Labute approximate surface area is 183 Å². The summed E-state index contributed by atoms with van der Waals surface area (Å²) in [5.41, 5.74) is -1.47. The first kappa shape index (κ1) is 21.4. The van der Waals surface area contributed by atoms with Crippen molar-refractivity contribution in [2.75, 3.05) is 0 Å². The van der Waals surface area contributed by atoms with Crippen LogP contribution in [0.25, 0.3) is 0 Å². The summed E-state index contributed by atoms with van der Waals surface area (Å²) in [6, 6.07) is 0. The molecule has 1 saturated heterocycles. The Morgan fingerprint density at radius 1 is 1.29 bits per heavy atom. The molecular formula is C23H29O7P. The number of aliphatic hydroxyl groups excluding tert-OH is 1. The Kier molecular flexibility index (Phi) is 4.54. The minimum atomic E-state index is -1.42. The van der Waals surface area contributed by atoms with Crippen LogP contribution in [-0.2, 0) is 28.2 Å². The lowest BCUT2D eigenvalue weighted by Gasteiger charge is -2.59. The predicted molar refractivity (Wildman–Crippen MR) is 110 cm³/mol. The van der Waals surface area contributed by atoms with Crippen molar-refractivity contribution in [3.05, 3.63) is 23.8 Å². The average molecular weight is 448 g/mol. The van der Waals surface area contributed by atoms with E-state index in [4.69, 9.17) is 14.0 Å². The standard InChI is InChI=1S/C23H29O7P/c1-20(2)28-17-10-15-14-6-5-12-9-13(24)7-8-21(12,3)18(14)16(25)11-22(15,4)23(17,30-20)19(26)29-31-27/h7-9,14-18,25H,5-6,10-11H2,1-4H3/t14?,15?,16-,17+,18?,21?,22?,23-/m0/s1. The highest BCUT2D eigenvalue weighted by molar-refractivity contribution is 7.18. The van der Waals surface area contributed by atoms with Gasteiger partial charge in [0, 0.05) is 16.7 Å². The van der Waals surface area contributed by atoms with Crippen molar-refractivity contribution in [3.63, 3.8) is 0 Å². The van der Waals surface area contributed by atoms with Crippen LogP contribution in [-0.4, -0.2) is 40.5 Å². The monoisotopic (exact) mass is 448 g/mol. The maximum absolute atomic E-state index is 13.2. The highest BCUT2D eigenvalue weighted by Gasteiger charge is 2.78. The smallest absolute Gasteiger partial charge is 0.393 e. The minimum Gasteiger partial charge on any atom is -0.393 e. The molecule has 5 aliphatic rings. The van der Waals surface area contributed by atoms with Gasteiger partial charge in [-0.15, -0.1) is 0 Å². The summed E-state index contributed by atoms with van der Waals surface area (Å²) in [7, 11) is -0.726. The van der Waals surface area contributed by atoms with Gasteiger partial charge in [0.2, 0.25) is 5.60 Å². The number of aliphatic hydroxyl groups is 1. The Morgan fingerprint density at radius 3 is 2.74 bits per heavy atom. The van der Waals surface area contributed by atoms with E-state index in [0.717, 1.165) is 18.4 Å². The number of fused-ring (bicyclic) bond motifs is 7. The number of hydrogen-bond acceptors (Lipinski definition) is 7. The number of carbonyl (C=O) groups excluding carboxylic acids is 2. The van der Waals surface area contributed by atoms with E-state index < -0.39 is 49.1 Å². The van der Waals surface area contributed by atoms with Gasteiger partial charge < -0.3 is 19.1 Å². The van der Waals surface area contributed by atoms with Crippen LogP contribution in [0, 0.1) is 28.6 Å². The second-order valence-electron chi connectivity index (χ2n) is 10.7. The Hall–Kier alpha value is -1.40. The van der Waals surface area contributed by atoms with Gasteiger partial charge in [-0.25, -0.2) is 9.36 Å². The topological polar surface area (TPSA) is 99.1 Å². The first-order valence-electron chi connectivity index (χ1n) is 11.0. The fourth-order valence-corrected chi connectivity index (χ4v) is 8.08. The van der Waals surface area contributed by atoms with Crippen LogP contribution in [0.15, 0.2) is 23.8 Å². The van der Waals surface area contributed by atoms with E-state index in [0.29, 0.717) is 12.8 Å². The molecule has 0 aromatic heterocycles. The average Bonchev–Trinajstić information content (AvgIpc) is 3.08. The fourth-order valence-electron chi connectivity index (χ4n) is 7.87. The second kappa shape index (κ2) is 6.57. The SMILES string of the molecule is CC1(C)O[C@@H]2CC3C4CCC5=CC(=O)C=CC5(C)C4[C@@H](O)CC3(C)[C@]2(C(=O)OP=O)O1. The molecule has 1 heterocycles. The molecule has 0 amide bonds. The number of rotatable bonds is 2. The summed E-state index contributed by atoms with van der Waals surface area (Å²) in [6.45, 7) is 7.62. The van der Waals surface area contributed by atoms with E-state index in [9.17, 15) is 19.3 Å². The molecule has 0 aromatic carbocycles. The zero-order valence-electron chi connectivity index (χ0n) is 18.3. The third kappa shape index (κ3) is 2.64. The third-order valence-corrected chi connectivity index (χ3v) is 9.15. The lowest BCUT2D eigenvalue weighted by Crippen LogP contribution is -2.63. The molecule has 168 valence electrons. The van der Waals surface area contributed by atoms with E-state index in [2.05, 4.69) is 6.92 Å². The Balaban J connectivity index is 1.59. The van der Waals surface area contributed by atoms with Crippen LogP contribution in [0.2, 0.25) is 0 Å². The third-order valence-electron chi connectivity index (χ3n) is 8.91. The Bertz CT molecular complexity index is 925. The molecule has 8 heteroatoms. The van der Waals surface area contributed by atoms with E-state index >= 15 is 0 Å². The first-order valence-corrected chi connectivity index (χ1v) is 11.8. The summed E-state index contributed by atoms with van der Waals surface area (Å²) in [4.78, 5) is 25.2. The van der Waals surface area contributed by atoms with Crippen LogP contribution < -0.4 is 0 Å². The van der Waals surface area contributed by atoms with Crippen molar-refractivity contribution >= 4 is 20.4 Å². The van der Waals surface area contributed by atoms with Gasteiger partial charge in [0.15, 0.2) is 11.6 Å². The van der Waals surface area contributed by atoms with Gasteiger partial charge in [-0.3, -0.25) is 4.79 Å². The molecule has 0 spiro atoms. The van der Waals surface area contributed by atoms with Crippen molar-refractivity contribution in [1.29, 1.82) is 0 Å². The molecule has 5 unspecified atom stereocenters. The van der Waals surface area contributed by atoms with Crippen molar-refractivity contribution in [3.8, 4) is 0 Å². The molecule has 0 aromatic rings. The highest BCUT2D eigenvalue weighted by atomic mass is 31.1. The number of hydrogen-bond donors (Lipinski definition) is 1. The lowest BCUT2D eigenvalue weighted by atomic mass is 9.46. The first-order chi connectivity index (χ1) is 14.5. The molecular weight excluding hydrogens is 419 g/mol. The molecule has 1 N–H and O–H groups in total. The molecule has 0 radical (unpaired) electrons. The highest BCUT2D eigenvalue weighted by Crippen LogP contribution is 2.70. The summed E-state index contributed by atoms with van der Waals surface area (Å²) in [6.07, 6.45) is 6.61. The molecule has 5 rings (SSSR count). The van der Waals surface area contributed by atoms with Crippen LogP contribution in [0.3, 0.4) is 0 Å². The molecule has 1 aliphatic heterocycles. The number of ketones is 1. The van der Waals surface area contributed by atoms with Crippen LogP contribution in [0.1, 0.15) is 53.4 Å². The van der Waals surface area contributed by atoms with Gasteiger partial charge in [-0.1, -0.05) is 25.5 Å². The fraction of sp³-hybridized carbons (Fsp3) is 0.739. The summed E-state index contributed by atoms with van der Waals surface area (Å²) < 4.78 is 28.6. The lowest BCUT2D eigenvalue weighted by molar-refractivity contribution is -0.231. The van der Waals surface area contributed by atoms with Crippen LogP contribution >= 0.6 is 8.69 Å². The molecule has 4 fully saturated rings. The largest absolute Gasteiger partial charge is 0.398 e. The number of ether oxygens (including phenoxy) is 2. The molecule has 3 saturated carbocycles. The van der Waals surface area contributed by atoms with Gasteiger partial charge in [0.05, 0.1) is 6.10 Å². The minimum absolute atomic E-state index is 0.000953. The van der Waals surface area contributed by atoms with Crippen LogP contribution in [0.5, 0.6) is 0 Å². The van der Waals surface area contributed by atoms with Gasteiger partial charge in [0.1, 0.15) is 6.10 Å². The predicted octanol–water partition coefficient (Wildman–Crippen LogP) is 3.52. The molecule has 4 aliphatic carbocycles. The van der Waals surface area contributed by atoms with E-state index in [1.807, 2.05) is 13.0 Å². The van der Waals surface area contributed by atoms with Crippen molar-refractivity contribution in [2.45, 2.75) is 77.0 Å². The van der Waals surface area contributed by atoms with Crippen molar-refractivity contribution < 1.29 is 33.3 Å². The van der Waals surface area contributed by atoms with Gasteiger partial charge >= 0.3 is 14.7 Å². The van der Waals surface area contributed by atoms with Gasteiger partial charge in [0.25, 0.3) is 0 Å². The zero-order valence-corrected chi connectivity index (χ0v) is 19.2. The second-order valence-corrected chi connectivity index (χ2v) is 11.1. The van der Waals surface area contributed by atoms with Gasteiger partial charge in [-0.2, -0.15) is 0 Å². The number of carbonyl (C=O) groups is 2. The summed E-state index contributed by atoms with van der Waals surface area (Å²) >= 11 is 0. The maximum atomic E-state index is 13.2. The summed E-state index contributed by atoms with van der Waals surface area (Å²) in [5.74, 6) is -1.56. The van der Waals surface area contributed by atoms with E-state index in [1.54, 1.807) is 26.0 Å². The van der Waals surface area contributed by atoms with Crippen LogP contribution in [0.4, 0.5) is 0 Å². The number of allylic oxidation sites excluding steroid dienone is 4. The normalized spacial score (nSPS) is 49.6. The van der Waals surface area contributed by atoms with Crippen molar-refractivity contribution in [2.24, 2.45) is 28.6 Å². The zero-order chi connectivity index (χ0) is 22.4. The molecule has 8 atom stereocenters. The maximum Gasteiger partial charge on any atom is 0.398 e. The molecule has 7 nitrogen and oxygen atoms in total. The quantitative estimate of drug-likeness (QED) is 0.646.